The number of halogens is 1. The molecule has 184 valence electrons. The van der Waals surface area contributed by atoms with Gasteiger partial charge in [-0.05, 0) is 47.4 Å². The van der Waals surface area contributed by atoms with Gasteiger partial charge in [0.2, 0.25) is 6.79 Å². The Morgan fingerprint density at radius 2 is 1.75 bits per heavy atom. The topological polar surface area (TPSA) is 85.3 Å². The van der Waals surface area contributed by atoms with E-state index in [1.54, 1.807) is 30.3 Å². The normalized spacial score (nSPS) is 18.2. The summed E-state index contributed by atoms with van der Waals surface area (Å²) in [7, 11) is 1.45. The molecule has 1 unspecified atom stereocenters. The molecule has 1 amide bonds. The van der Waals surface area contributed by atoms with Gasteiger partial charge in [0.1, 0.15) is 11.5 Å². The number of nitrogens with zero attached hydrogens (tertiary/aromatic N) is 1. The molecule has 0 aliphatic carbocycles. The molecule has 0 aromatic heterocycles. The maximum Gasteiger partial charge on any atom is 0.300 e. The quantitative estimate of drug-likeness (QED) is 0.267. The van der Waals surface area contributed by atoms with Gasteiger partial charge in [-0.3, -0.25) is 14.5 Å². The van der Waals surface area contributed by atoms with E-state index >= 15 is 0 Å². The standard InChI is InChI=1S/C28H24ClNO6/c1-15(2)16-4-6-17(7-5-16)25-24(26(31)20-12-18(29)8-10-21(20)34-3)27(32)28(33)30(25)19-9-11-22-23(13-19)36-14-35-22/h4-13,15,25,31H,14H2,1-3H3/b26-24+. The van der Waals surface area contributed by atoms with Gasteiger partial charge in [0.15, 0.2) is 11.5 Å². The fourth-order valence-electron chi connectivity index (χ4n) is 4.52. The van der Waals surface area contributed by atoms with Crippen LogP contribution in [0.3, 0.4) is 0 Å². The van der Waals surface area contributed by atoms with E-state index in [2.05, 4.69) is 13.8 Å². The first-order valence-electron chi connectivity index (χ1n) is 11.4. The van der Waals surface area contributed by atoms with Crippen LogP contribution in [0.1, 0.15) is 42.5 Å². The minimum absolute atomic E-state index is 0.0597. The summed E-state index contributed by atoms with van der Waals surface area (Å²) in [6, 6.07) is 16.5. The van der Waals surface area contributed by atoms with Crippen LogP contribution in [0.4, 0.5) is 5.69 Å². The molecule has 5 rings (SSSR count). The second kappa shape index (κ2) is 9.24. The molecule has 8 heteroatoms. The molecule has 0 bridgehead atoms. The summed E-state index contributed by atoms with van der Waals surface area (Å²) < 4.78 is 16.3. The number of carbonyl (C=O) groups excluding carboxylic acids is 2. The number of carbonyl (C=O) groups is 2. The van der Waals surface area contributed by atoms with Crippen LogP contribution in [-0.2, 0) is 9.59 Å². The molecule has 3 aromatic carbocycles. The van der Waals surface area contributed by atoms with E-state index in [4.69, 9.17) is 25.8 Å². The number of hydrogen-bond acceptors (Lipinski definition) is 6. The largest absolute Gasteiger partial charge is 0.507 e. The number of anilines is 1. The molecule has 1 fully saturated rings. The summed E-state index contributed by atoms with van der Waals surface area (Å²) >= 11 is 6.19. The van der Waals surface area contributed by atoms with E-state index in [0.717, 1.165) is 5.56 Å². The van der Waals surface area contributed by atoms with Gasteiger partial charge in [-0.2, -0.15) is 0 Å². The Morgan fingerprint density at radius 3 is 2.44 bits per heavy atom. The van der Waals surface area contributed by atoms with Crippen molar-refractivity contribution in [3.8, 4) is 17.2 Å². The molecule has 36 heavy (non-hydrogen) atoms. The third-order valence-electron chi connectivity index (χ3n) is 6.41. The molecular weight excluding hydrogens is 482 g/mol. The summed E-state index contributed by atoms with van der Waals surface area (Å²) in [5.74, 6) is -0.305. The van der Waals surface area contributed by atoms with Crippen molar-refractivity contribution in [3.05, 3.63) is 87.9 Å². The number of Topliss-reactive ketones (excluding diaryl/α,β-unsaturated/α-hetero) is 1. The minimum Gasteiger partial charge on any atom is -0.507 e. The molecule has 2 heterocycles. The highest BCUT2D eigenvalue weighted by Gasteiger charge is 2.47. The Hall–Kier alpha value is -3.97. The second-order valence-electron chi connectivity index (χ2n) is 8.87. The number of amides is 1. The summed E-state index contributed by atoms with van der Waals surface area (Å²) in [4.78, 5) is 28.2. The zero-order chi connectivity index (χ0) is 25.6. The average Bonchev–Trinajstić information content (AvgIpc) is 3.45. The van der Waals surface area contributed by atoms with Crippen molar-refractivity contribution in [1.82, 2.24) is 0 Å². The Balaban J connectivity index is 1.72. The highest BCUT2D eigenvalue weighted by molar-refractivity contribution is 6.51. The van der Waals surface area contributed by atoms with Crippen LogP contribution in [0.15, 0.2) is 66.2 Å². The number of ether oxygens (including phenoxy) is 3. The van der Waals surface area contributed by atoms with E-state index in [9.17, 15) is 14.7 Å². The highest BCUT2D eigenvalue weighted by Crippen LogP contribution is 2.46. The molecule has 1 atom stereocenters. The Labute approximate surface area is 213 Å². The lowest BCUT2D eigenvalue weighted by molar-refractivity contribution is -0.132. The van der Waals surface area contributed by atoms with Crippen LogP contribution < -0.4 is 19.1 Å². The Bertz CT molecular complexity index is 1400. The predicted octanol–water partition coefficient (Wildman–Crippen LogP) is 5.83. The van der Waals surface area contributed by atoms with E-state index < -0.39 is 17.7 Å². The van der Waals surface area contributed by atoms with Gasteiger partial charge in [-0.1, -0.05) is 49.7 Å². The van der Waals surface area contributed by atoms with Gasteiger partial charge < -0.3 is 19.3 Å². The number of aliphatic hydroxyl groups excluding tert-OH is 1. The monoisotopic (exact) mass is 505 g/mol. The number of benzene rings is 3. The fourth-order valence-corrected chi connectivity index (χ4v) is 4.69. The lowest BCUT2D eigenvalue weighted by atomic mass is 9.93. The molecule has 0 spiro atoms. The van der Waals surface area contributed by atoms with E-state index in [1.165, 1.54) is 18.1 Å². The maximum atomic E-state index is 13.4. The summed E-state index contributed by atoms with van der Waals surface area (Å²) in [6.45, 7) is 4.24. The summed E-state index contributed by atoms with van der Waals surface area (Å²) in [5, 5.41) is 11.8. The Kier molecular flexibility index (Phi) is 6.10. The first-order valence-corrected chi connectivity index (χ1v) is 11.8. The van der Waals surface area contributed by atoms with Gasteiger partial charge in [-0.25, -0.2) is 0 Å². The lowest BCUT2D eigenvalue weighted by Gasteiger charge is -2.26. The van der Waals surface area contributed by atoms with Crippen molar-refractivity contribution < 1.29 is 28.9 Å². The Morgan fingerprint density at radius 1 is 1.03 bits per heavy atom. The molecule has 2 aliphatic heterocycles. The van der Waals surface area contributed by atoms with Gasteiger partial charge in [-0.15, -0.1) is 0 Å². The maximum absolute atomic E-state index is 13.4. The van der Waals surface area contributed by atoms with Crippen molar-refractivity contribution >= 4 is 34.7 Å². The lowest BCUT2D eigenvalue weighted by Crippen LogP contribution is -2.29. The third kappa shape index (κ3) is 3.95. The van der Waals surface area contributed by atoms with Crippen molar-refractivity contribution in [3.63, 3.8) is 0 Å². The van der Waals surface area contributed by atoms with Crippen LogP contribution in [0, 0.1) is 0 Å². The van der Waals surface area contributed by atoms with Crippen molar-refractivity contribution in [2.24, 2.45) is 0 Å². The van der Waals surface area contributed by atoms with Crippen LogP contribution in [0.25, 0.3) is 5.76 Å². The van der Waals surface area contributed by atoms with Gasteiger partial charge in [0.25, 0.3) is 11.7 Å². The van der Waals surface area contributed by atoms with Gasteiger partial charge >= 0.3 is 0 Å². The zero-order valence-electron chi connectivity index (χ0n) is 19.9. The highest BCUT2D eigenvalue weighted by atomic mass is 35.5. The van der Waals surface area contributed by atoms with E-state index in [0.29, 0.717) is 39.4 Å². The molecule has 2 aliphatic rings. The van der Waals surface area contributed by atoms with Crippen molar-refractivity contribution in [2.75, 3.05) is 18.8 Å². The van der Waals surface area contributed by atoms with E-state index in [-0.39, 0.29) is 23.7 Å². The number of methoxy groups -OCH3 is 1. The average molecular weight is 506 g/mol. The number of ketones is 1. The van der Waals surface area contributed by atoms with Crippen LogP contribution in [-0.4, -0.2) is 30.7 Å². The molecular formula is C28H24ClNO6. The SMILES string of the molecule is COc1ccc(Cl)cc1/C(O)=C1\C(=O)C(=O)N(c2ccc3c(c2)OCO3)C1c1ccc(C(C)C)cc1. The molecule has 0 saturated carbocycles. The smallest absolute Gasteiger partial charge is 0.300 e. The van der Waals surface area contributed by atoms with Crippen molar-refractivity contribution in [1.29, 1.82) is 0 Å². The first-order chi connectivity index (χ1) is 17.3. The number of rotatable bonds is 5. The molecule has 1 saturated heterocycles. The number of hydrogen-bond donors (Lipinski definition) is 1. The number of aliphatic hydroxyl groups is 1. The first kappa shape index (κ1) is 23.8. The molecule has 3 aromatic rings. The minimum atomic E-state index is -0.893. The van der Waals surface area contributed by atoms with E-state index in [1.807, 2.05) is 24.3 Å². The fraction of sp³-hybridized carbons (Fsp3) is 0.214. The molecule has 1 N–H and O–H groups in total. The molecule has 7 nitrogen and oxygen atoms in total. The third-order valence-corrected chi connectivity index (χ3v) is 6.65. The van der Waals surface area contributed by atoms with Crippen LogP contribution in [0.5, 0.6) is 17.2 Å². The number of fused-ring (bicyclic) bond motifs is 1. The van der Waals surface area contributed by atoms with Gasteiger partial charge in [0.05, 0.1) is 24.3 Å². The van der Waals surface area contributed by atoms with Gasteiger partial charge in [0, 0.05) is 16.8 Å². The van der Waals surface area contributed by atoms with Crippen LogP contribution >= 0.6 is 11.6 Å². The summed E-state index contributed by atoms with van der Waals surface area (Å²) in [5.41, 5.74) is 2.37. The van der Waals surface area contributed by atoms with Crippen LogP contribution in [0.2, 0.25) is 5.02 Å². The summed E-state index contributed by atoms with van der Waals surface area (Å²) in [6.07, 6.45) is 0. The second-order valence-corrected chi connectivity index (χ2v) is 9.31. The molecule has 0 radical (unpaired) electrons. The zero-order valence-corrected chi connectivity index (χ0v) is 20.7. The predicted molar refractivity (Wildman–Crippen MR) is 136 cm³/mol. The van der Waals surface area contributed by atoms with Crippen molar-refractivity contribution in [2.45, 2.75) is 25.8 Å².